The number of alkyl halides is 6. The van der Waals surface area contributed by atoms with Crippen LogP contribution in [0.5, 0.6) is 0 Å². The molecule has 0 bridgehead atoms. The van der Waals surface area contributed by atoms with Crippen molar-refractivity contribution in [3.63, 3.8) is 0 Å². The van der Waals surface area contributed by atoms with E-state index in [1.807, 2.05) is 0 Å². The van der Waals surface area contributed by atoms with Crippen LogP contribution in [0.25, 0.3) is 5.57 Å². The molecule has 2 aliphatic rings. The highest BCUT2D eigenvalue weighted by atomic mass is 19.4. The van der Waals surface area contributed by atoms with Crippen LogP contribution in [0.3, 0.4) is 0 Å². The summed E-state index contributed by atoms with van der Waals surface area (Å²) >= 11 is 0. The molecule has 2 aliphatic heterocycles. The zero-order valence-corrected chi connectivity index (χ0v) is 17.8. The van der Waals surface area contributed by atoms with Gasteiger partial charge >= 0.3 is 12.4 Å². The van der Waals surface area contributed by atoms with Crippen molar-refractivity contribution in [1.29, 1.82) is 0 Å². The second-order valence-electron chi connectivity index (χ2n) is 8.07. The van der Waals surface area contributed by atoms with E-state index in [0.717, 1.165) is 9.80 Å². The van der Waals surface area contributed by atoms with Gasteiger partial charge in [-0.3, -0.25) is 9.59 Å². The molecule has 0 saturated carbocycles. The third-order valence-corrected chi connectivity index (χ3v) is 5.78. The Morgan fingerprint density at radius 3 is 2.29 bits per heavy atom. The minimum absolute atomic E-state index is 0.101. The molecule has 1 aromatic carbocycles. The first-order valence-corrected chi connectivity index (χ1v) is 10.1. The molecule has 0 aliphatic carbocycles. The minimum Gasteiger partial charge on any atom is -0.395 e. The summed E-state index contributed by atoms with van der Waals surface area (Å²) in [5.41, 5.74) is 1.65. The number of hydrogen-bond donors (Lipinski definition) is 2. The number of nitrogens with zero attached hydrogens (tertiary/aromatic N) is 2. The lowest BCUT2D eigenvalue weighted by atomic mass is 9.95. The number of rotatable bonds is 3. The summed E-state index contributed by atoms with van der Waals surface area (Å²) in [6, 6.07) is 5.15. The van der Waals surface area contributed by atoms with Crippen LogP contribution in [0.2, 0.25) is 0 Å². The molecule has 1 fully saturated rings. The molecule has 1 aromatic rings. The number of β-amino-alcohol motifs (C(OH)–C–C–N with tert-alkyl or cyclic N) is 1. The lowest BCUT2D eigenvalue weighted by Crippen LogP contribution is -2.48. The number of carbonyl (C=O) groups excluding carboxylic acids is 2. The third-order valence-electron chi connectivity index (χ3n) is 5.78. The van der Waals surface area contributed by atoms with E-state index in [-0.39, 0.29) is 12.1 Å². The fourth-order valence-corrected chi connectivity index (χ4v) is 3.74. The molecule has 12 heteroatoms. The zero-order valence-electron chi connectivity index (χ0n) is 17.8. The van der Waals surface area contributed by atoms with Crippen molar-refractivity contribution in [1.82, 2.24) is 9.80 Å². The van der Waals surface area contributed by atoms with Crippen LogP contribution in [0.1, 0.15) is 29.3 Å². The van der Waals surface area contributed by atoms with Crippen LogP contribution in [0, 0.1) is 0 Å². The van der Waals surface area contributed by atoms with Crippen LogP contribution in [-0.4, -0.2) is 63.8 Å². The summed E-state index contributed by atoms with van der Waals surface area (Å²) < 4.78 is 76.9. The van der Waals surface area contributed by atoms with Gasteiger partial charge in [-0.1, -0.05) is 18.2 Å². The first-order valence-electron chi connectivity index (χ1n) is 10.1. The second-order valence-corrected chi connectivity index (χ2v) is 8.07. The lowest BCUT2D eigenvalue weighted by molar-refractivity contribution is -0.253. The Morgan fingerprint density at radius 2 is 1.76 bits per heavy atom. The Morgan fingerprint density at radius 1 is 1.15 bits per heavy atom. The van der Waals surface area contributed by atoms with Crippen molar-refractivity contribution >= 4 is 17.4 Å². The van der Waals surface area contributed by atoms with Crippen molar-refractivity contribution < 1.29 is 41.0 Å². The predicted octanol–water partition coefficient (Wildman–Crippen LogP) is 3.36. The minimum atomic E-state index is -4.85. The van der Waals surface area contributed by atoms with E-state index in [1.54, 1.807) is 13.0 Å². The molecule has 34 heavy (non-hydrogen) atoms. The maximum absolute atomic E-state index is 13.0. The van der Waals surface area contributed by atoms with Gasteiger partial charge in [0, 0.05) is 30.8 Å². The number of hydrogen-bond acceptors (Lipinski definition) is 4. The highest BCUT2D eigenvalue weighted by Gasteiger charge is 2.57. The van der Waals surface area contributed by atoms with E-state index in [1.165, 1.54) is 36.5 Å². The average molecular weight is 489 g/mol. The Labute approximate surface area is 190 Å². The van der Waals surface area contributed by atoms with Gasteiger partial charge in [-0.05, 0) is 36.3 Å². The van der Waals surface area contributed by atoms with E-state index in [2.05, 4.69) is 0 Å². The van der Waals surface area contributed by atoms with Gasteiger partial charge in [0.15, 0.2) is 5.60 Å². The first-order chi connectivity index (χ1) is 15.6. The maximum atomic E-state index is 13.0. The molecule has 2 heterocycles. The number of carbonyl (C=O) groups is 2. The van der Waals surface area contributed by atoms with Gasteiger partial charge in [-0.15, -0.1) is 0 Å². The number of halogens is 6. The predicted molar refractivity (Wildman–Crippen MR) is 110 cm³/mol. The standard InChI is InChI=1S/C22H21F6N3O3/c1-13-16(3-2-9-31(13)18(32)11-17(29)21(23,24)25)14-4-6-15(7-5-14)19(33)30-10-8-20(34,12-30)22(26,27)28/h2-7,9,11,13,34H,8,10,12,29H2,1H3/b17-11-. The third kappa shape index (κ3) is 4.96. The number of aliphatic hydroxyl groups is 1. The smallest absolute Gasteiger partial charge is 0.395 e. The fourth-order valence-electron chi connectivity index (χ4n) is 3.74. The topological polar surface area (TPSA) is 86.9 Å². The van der Waals surface area contributed by atoms with Crippen LogP contribution in [-0.2, 0) is 4.79 Å². The molecule has 2 unspecified atom stereocenters. The molecule has 2 amide bonds. The summed E-state index contributed by atoms with van der Waals surface area (Å²) in [7, 11) is 0. The number of likely N-dealkylation sites (tertiary alicyclic amines) is 1. The van der Waals surface area contributed by atoms with Gasteiger partial charge in [0.1, 0.15) is 5.70 Å². The Balaban J connectivity index is 1.74. The van der Waals surface area contributed by atoms with Crippen molar-refractivity contribution in [3.05, 3.63) is 65.5 Å². The molecule has 3 N–H and O–H groups in total. The van der Waals surface area contributed by atoms with E-state index in [9.17, 15) is 41.0 Å². The van der Waals surface area contributed by atoms with Gasteiger partial charge in [0.05, 0.1) is 12.6 Å². The van der Waals surface area contributed by atoms with Crippen molar-refractivity contribution in [2.45, 2.75) is 37.3 Å². The van der Waals surface area contributed by atoms with Gasteiger partial charge in [-0.25, -0.2) is 0 Å². The summed E-state index contributed by atoms with van der Waals surface area (Å²) in [6.45, 7) is 0.469. The van der Waals surface area contributed by atoms with Gasteiger partial charge < -0.3 is 20.6 Å². The van der Waals surface area contributed by atoms with Crippen molar-refractivity contribution in [2.75, 3.05) is 13.1 Å². The number of benzene rings is 1. The monoisotopic (exact) mass is 489 g/mol. The molecular weight excluding hydrogens is 468 g/mol. The van der Waals surface area contributed by atoms with Gasteiger partial charge in [0.25, 0.3) is 11.8 Å². The highest BCUT2D eigenvalue weighted by Crippen LogP contribution is 2.38. The normalized spacial score (nSPS) is 23.8. The fraction of sp³-hybridized carbons (Fsp3) is 0.364. The molecule has 184 valence electrons. The molecule has 3 rings (SSSR count). The van der Waals surface area contributed by atoms with E-state index in [0.29, 0.717) is 17.2 Å². The molecule has 2 atom stereocenters. The van der Waals surface area contributed by atoms with Crippen LogP contribution in [0.15, 0.2) is 54.4 Å². The maximum Gasteiger partial charge on any atom is 0.430 e. The van der Waals surface area contributed by atoms with Crippen molar-refractivity contribution in [2.24, 2.45) is 5.73 Å². The van der Waals surface area contributed by atoms with Gasteiger partial charge in [-0.2, -0.15) is 26.3 Å². The SMILES string of the molecule is CC1C(c2ccc(C(=O)N3CCC(O)(C(F)(F)F)C3)cc2)=CC=CN1C(=O)/C=C(\N)C(F)(F)F. The first kappa shape index (κ1) is 25.3. The quantitative estimate of drug-likeness (QED) is 0.504. The molecule has 0 aromatic heterocycles. The Hall–Kier alpha value is -3.28. The highest BCUT2D eigenvalue weighted by molar-refractivity contribution is 5.95. The Bertz CT molecular complexity index is 1060. The summed E-state index contributed by atoms with van der Waals surface area (Å²) in [5, 5.41) is 9.77. The summed E-state index contributed by atoms with van der Waals surface area (Å²) in [4.78, 5) is 26.9. The van der Waals surface area contributed by atoms with E-state index >= 15 is 0 Å². The molecular formula is C22H21F6N3O3. The summed E-state index contributed by atoms with van der Waals surface area (Å²) in [5.74, 6) is -1.65. The zero-order chi connectivity index (χ0) is 25.5. The Kier molecular flexibility index (Phi) is 6.57. The number of amides is 2. The summed E-state index contributed by atoms with van der Waals surface area (Å²) in [6.07, 6.45) is -5.60. The lowest BCUT2D eigenvalue weighted by Gasteiger charge is -2.30. The average Bonchev–Trinajstić information content (AvgIpc) is 3.16. The largest absolute Gasteiger partial charge is 0.430 e. The van der Waals surface area contributed by atoms with E-state index in [4.69, 9.17) is 5.73 Å². The van der Waals surface area contributed by atoms with Crippen LogP contribution < -0.4 is 5.73 Å². The van der Waals surface area contributed by atoms with E-state index < -0.39 is 54.5 Å². The number of allylic oxidation sites excluding steroid dienone is 3. The van der Waals surface area contributed by atoms with Gasteiger partial charge in [0.2, 0.25) is 0 Å². The van der Waals surface area contributed by atoms with Crippen LogP contribution in [0.4, 0.5) is 26.3 Å². The second kappa shape index (κ2) is 8.82. The number of nitrogens with two attached hydrogens (primary N) is 1. The molecule has 6 nitrogen and oxygen atoms in total. The van der Waals surface area contributed by atoms with Crippen molar-refractivity contribution in [3.8, 4) is 0 Å². The molecule has 0 radical (unpaired) electrons. The molecule has 0 spiro atoms. The molecule has 1 saturated heterocycles. The van der Waals surface area contributed by atoms with Crippen LogP contribution >= 0.6 is 0 Å².